The van der Waals surface area contributed by atoms with Crippen LogP contribution in [0.5, 0.6) is 0 Å². The Balaban J connectivity index is 2.83. The van der Waals surface area contributed by atoms with Gasteiger partial charge in [0.2, 0.25) is 0 Å². The first-order valence-corrected chi connectivity index (χ1v) is 4.64. The molecule has 0 N–H and O–H groups in total. The van der Waals surface area contributed by atoms with Crippen LogP contribution < -0.4 is 0 Å². The molecule has 0 bridgehead atoms. The molecule has 1 heterocycles. The standard InChI is InChI=1S/C5H12N2O4S/c1-6(2)5(7(3)4)10-12(8,9)11-5/h1-4H3. The highest BCUT2D eigenvalue weighted by Crippen LogP contribution is 2.33. The molecule has 1 aliphatic heterocycles. The molecule has 0 amide bonds. The molecule has 0 aromatic carbocycles. The van der Waals surface area contributed by atoms with E-state index in [2.05, 4.69) is 8.37 Å². The van der Waals surface area contributed by atoms with Gasteiger partial charge >= 0.3 is 16.4 Å². The van der Waals surface area contributed by atoms with Crippen molar-refractivity contribution in [3.8, 4) is 0 Å². The van der Waals surface area contributed by atoms with Crippen LogP contribution in [-0.4, -0.2) is 52.4 Å². The summed E-state index contributed by atoms with van der Waals surface area (Å²) in [5.74, 6) is 0. The minimum atomic E-state index is -3.76. The Labute approximate surface area is 72.0 Å². The third-order valence-corrected chi connectivity index (χ3v) is 2.39. The summed E-state index contributed by atoms with van der Waals surface area (Å²) in [5.41, 5.74) is 0. The molecule has 0 unspecified atom stereocenters. The third-order valence-electron chi connectivity index (χ3n) is 1.55. The van der Waals surface area contributed by atoms with Crippen LogP contribution >= 0.6 is 0 Å². The van der Waals surface area contributed by atoms with E-state index in [-0.39, 0.29) is 0 Å². The Kier molecular flexibility index (Phi) is 2.17. The average molecular weight is 196 g/mol. The Hall–Kier alpha value is -0.210. The second-order valence-corrected chi connectivity index (χ2v) is 4.06. The average Bonchev–Trinajstić information content (AvgIpc) is 1.80. The lowest BCUT2D eigenvalue weighted by Crippen LogP contribution is -2.67. The lowest BCUT2D eigenvalue weighted by molar-refractivity contribution is -0.339. The van der Waals surface area contributed by atoms with Gasteiger partial charge in [-0.3, -0.25) is 0 Å². The van der Waals surface area contributed by atoms with Crippen molar-refractivity contribution >= 4 is 10.4 Å². The second kappa shape index (κ2) is 2.64. The highest BCUT2D eigenvalue weighted by Gasteiger charge is 2.56. The van der Waals surface area contributed by atoms with Crippen molar-refractivity contribution in [3.63, 3.8) is 0 Å². The molecule has 6 nitrogen and oxygen atoms in total. The predicted octanol–water partition coefficient (Wildman–Crippen LogP) is -0.987. The van der Waals surface area contributed by atoms with Crippen LogP contribution in [0.25, 0.3) is 0 Å². The summed E-state index contributed by atoms with van der Waals surface area (Å²) >= 11 is 0. The fourth-order valence-electron chi connectivity index (χ4n) is 0.970. The zero-order valence-electron chi connectivity index (χ0n) is 7.44. The first-order chi connectivity index (χ1) is 5.30. The highest BCUT2D eigenvalue weighted by atomic mass is 32.3. The van der Waals surface area contributed by atoms with Crippen molar-refractivity contribution in [1.29, 1.82) is 0 Å². The van der Waals surface area contributed by atoms with Crippen molar-refractivity contribution < 1.29 is 16.8 Å². The smallest absolute Gasteiger partial charge is 0.242 e. The number of nitrogens with zero attached hydrogens (tertiary/aromatic N) is 2. The molecule has 1 fully saturated rings. The molecule has 12 heavy (non-hydrogen) atoms. The van der Waals surface area contributed by atoms with Crippen LogP contribution in [0.2, 0.25) is 0 Å². The molecular weight excluding hydrogens is 184 g/mol. The van der Waals surface area contributed by atoms with E-state index in [1.807, 2.05) is 0 Å². The monoisotopic (exact) mass is 196 g/mol. The van der Waals surface area contributed by atoms with Gasteiger partial charge in [0.25, 0.3) is 0 Å². The van der Waals surface area contributed by atoms with Gasteiger partial charge < -0.3 is 0 Å². The van der Waals surface area contributed by atoms with Crippen LogP contribution in [0, 0.1) is 0 Å². The van der Waals surface area contributed by atoms with Gasteiger partial charge in [0.05, 0.1) is 0 Å². The zero-order chi connectivity index (χ0) is 9.57. The molecule has 0 aliphatic carbocycles. The zero-order valence-corrected chi connectivity index (χ0v) is 8.25. The SMILES string of the molecule is CN(C)C1(N(C)C)OS(=O)(=O)O1. The second-order valence-electron chi connectivity index (χ2n) is 2.91. The fraction of sp³-hybridized carbons (Fsp3) is 1.00. The van der Waals surface area contributed by atoms with Crippen molar-refractivity contribution in [1.82, 2.24) is 9.80 Å². The lowest BCUT2D eigenvalue weighted by atomic mass is 10.6. The molecule has 72 valence electrons. The molecule has 0 aromatic rings. The minimum Gasteiger partial charge on any atom is -0.242 e. The summed E-state index contributed by atoms with van der Waals surface area (Å²) in [4.78, 5) is 3.04. The Morgan fingerprint density at radius 3 is 1.42 bits per heavy atom. The maximum atomic E-state index is 10.6. The molecule has 7 heteroatoms. The minimum absolute atomic E-state index is 1.27. The first-order valence-electron chi connectivity index (χ1n) is 3.31. The molecule has 0 atom stereocenters. The Morgan fingerprint density at radius 2 is 1.33 bits per heavy atom. The van der Waals surface area contributed by atoms with Crippen molar-refractivity contribution in [2.45, 2.75) is 6.03 Å². The summed E-state index contributed by atoms with van der Waals surface area (Å²) in [5, 5.41) is 0. The van der Waals surface area contributed by atoms with Crippen molar-refractivity contribution in [3.05, 3.63) is 0 Å². The van der Waals surface area contributed by atoms with Crippen LogP contribution in [-0.2, 0) is 18.8 Å². The van der Waals surface area contributed by atoms with E-state index in [1.54, 1.807) is 28.2 Å². The normalized spacial score (nSPS) is 25.8. The van der Waals surface area contributed by atoms with Crippen molar-refractivity contribution in [2.24, 2.45) is 0 Å². The van der Waals surface area contributed by atoms with Crippen molar-refractivity contribution in [2.75, 3.05) is 28.2 Å². The maximum Gasteiger partial charge on any atom is 0.409 e. The van der Waals surface area contributed by atoms with Gasteiger partial charge in [0.1, 0.15) is 0 Å². The maximum absolute atomic E-state index is 10.6. The van der Waals surface area contributed by atoms with Gasteiger partial charge in [0, 0.05) is 0 Å². The summed E-state index contributed by atoms with van der Waals surface area (Å²) in [6.45, 7) is 0. The number of rotatable bonds is 2. The summed E-state index contributed by atoms with van der Waals surface area (Å²) in [6.07, 6.45) is 0. The topological polar surface area (TPSA) is 59.1 Å². The molecule has 0 spiro atoms. The molecule has 1 aliphatic rings. The third kappa shape index (κ3) is 1.34. The fourth-order valence-corrected chi connectivity index (χ4v) is 2.11. The van der Waals surface area contributed by atoms with E-state index in [9.17, 15) is 8.42 Å². The van der Waals surface area contributed by atoms with Crippen LogP contribution in [0.1, 0.15) is 0 Å². The van der Waals surface area contributed by atoms with Gasteiger partial charge in [-0.2, -0.15) is 16.8 Å². The van der Waals surface area contributed by atoms with Gasteiger partial charge in [-0.15, -0.1) is 0 Å². The van der Waals surface area contributed by atoms with Crippen LogP contribution in [0.15, 0.2) is 0 Å². The Morgan fingerprint density at radius 1 is 1.00 bits per heavy atom. The molecule has 1 saturated heterocycles. The van der Waals surface area contributed by atoms with E-state index >= 15 is 0 Å². The van der Waals surface area contributed by atoms with Crippen LogP contribution in [0.3, 0.4) is 0 Å². The number of hydrogen-bond donors (Lipinski definition) is 0. The summed E-state index contributed by atoms with van der Waals surface area (Å²) in [6, 6.07) is -1.27. The molecule has 0 aromatic heterocycles. The number of hydrogen-bond acceptors (Lipinski definition) is 6. The quantitative estimate of drug-likeness (QED) is 0.529. The van der Waals surface area contributed by atoms with Gasteiger partial charge in [-0.25, -0.2) is 9.80 Å². The van der Waals surface area contributed by atoms with Gasteiger partial charge in [-0.05, 0) is 28.2 Å². The highest BCUT2D eigenvalue weighted by molar-refractivity contribution is 7.82. The van der Waals surface area contributed by atoms with E-state index in [4.69, 9.17) is 0 Å². The summed E-state index contributed by atoms with van der Waals surface area (Å²) < 4.78 is 30.5. The van der Waals surface area contributed by atoms with E-state index < -0.39 is 16.4 Å². The van der Waals surface area contributed by atoms with Gasteiger partial charge in [-0.1, -0.05) is 0 Å². The Bertz CT molecular complexity index is 249. The van der Waals surface area contributed by atoms with Gasteiger partial charge in [0.15, 0.2) is 0 Å². The molecule has 1 rings (SSSR count). The largest absolute Gasteiger partial charge is 0.409 e. The summed E-state index contributed by atoms with van der Waals surface area (Å²) in [7, 11) is 2.88. The van der Waals surface area contributed by atoms with E-state index in [0.29, 0.717) is 0 Å². The first kappa shape index (κ1) is 9.87. The molecule has 0 saturated carbocycles. The molecule has 0 radical (unpaired) electrons. The van der Waals surface area contributed by atoms with E-state index in [0.717, 1.165) is 0 Å². The van der Waals surface area contributed by atoms with E-state index in [1.165, 1.54) is 9.80 Å². The molecular formula is C5H12N2O4S. The lowest BCUT2D eigenvalue weighted by Gasteiger charge is -2.46. The predicted molar refractivity (Wildman–Crippen MR) is 41.2 cm³/mol. The van der Waals surface area contributed by atoms with Crippen LogP contribution in [0.4, 0.5) is 0 Å².